The zero-order valence-corrected chi connectivity index (χ0v) is 12.4. The van der Waals surface area contributed by atoms with E-state index < -0.39 is 0 Å². The number of methoxy groups -OCH3 is 2. The first-order valence-electron chi connectivity index (χ1n) is 5.68. The number of carbonyl (C=O) groups is 1. The first-order chi connectivity index (χ1) is 9.10. The van der Waals surface area contributed by atoms with Crippen LogP contribution in [-0.2, 0) is 9.47 Å². The molecule has 0 spiro atoms. The molecule has 1 aromatic heterocycles. The minimum Gasteiger partial charge on any atom is -0.383 e. The molecular formula is C12H16Cl2N2O3. The molecule has 0 aliphatic rings. The van der Waals surface area contributed by atoms with Crippen molar-refractivity contribution in [2.45, 2.75) is 0 Å². The average molecular weight is 307 g/mol. The largest absolute Gasteiger partial charge is 0.383 e. The number of nitrogens with zero attached hydrogens (tertiary/aromatic N) is 2. The van der Waals surface area contributed by atoms with E-state index in [2.05, 4.69) is 4.98 Å². The van der Waals surface area contributed by atoms with Crippen molar-refractivity contribution in [3.63, 3.8) is 0 Å². The number of rotatable bonds is 7. The van der Waals surface area contributed by atoms with Crippen LogP contribution < -0.4 is 0 Å². The molecule has 0 bridgehead atoms. The highest BCUT2D eigenvalue weighted by Crippen LogP contribution is 2.20. The Kier molecular flexibility index (Phi) is 7.09. The van der Waals surface area contributed by atoms with Crippen LogP contribution in [0.2, 0.25) is 10.2 Å². The molecule has 7 heteroatoms. The Labute approximate surface area is 122 Å². The van der Waals surface area contributed by atoms with E-state index in [0.29, 0.717) is 31.9 Å². The maximum absolute atomic E-state index is 12.3. The molecule has 106 valence electrons. The van der Waals surface area contributed by atoms with Crippen LogP contribution in [0.15, 0.2) is 12.3 Å². The number of ether oxygens (including phenoxy) is 2. The van der Waals surface area contributed by atoms with E-state index in [1.165, 1.54) is 12.3 Å². The zero-order valence-electron chi connectivity index (χ0n) is 10.9. The van der Waals surface area contributed by atoms with Crippen LogP contribution >= 0.6 is 23.2 Å². The lowest BCUT2D eigenvalue weighted by Gasteiger charge is -2.22. The fourth-order valence-corrected chi connectivity index (χ4v) is 1.71. The van der Waals surface area contributed by atoms with Crippen LogP contribution in [0.1, 0.15) is 10.4 Å². The third-order valence-corrected chi connectivity index (χ3v) is 3.15. The lowest BCUT2D eigenvalue weighted by atomic mass is 10.2. The van der Waals surface area contributed by atoms with Crippen LogP contribution in [-0.4, -0.2) is 56.3 Å². The van der Waals surface area contributed by atoms with Crippen molar-refractivity contribution in [3.05, 3.63) is 28.0 Å². The predicted molar refractivity (Wildman–Crippen MR) is 73.9 cm³/mol. The summed E-state index contributed by atoms with van der Waals surface area (Å²) >= 11 is 11.6. The van der Waals surface area contributed by atoms with Crippen LogP contribution in [0, 0.1) is 0 Å². The molecular weight excluding hydrogens is 291 g/mol. The molecule has 0 unspecified atom stereocenters. The molecule has 19 heavy (non-hydrogen) atoms. The zero-order chi connectivity index (χ0) is 14.3. The second-order valence-electron chi connectivity index (χ2n) is 3.77. The molecule has 1 rings (SSSR count). The second kappa shape index (κ2) is 8.32. The van der Waals surface area contributed by atoms with Gasteiger partial charge in [-0.05, 0) is 6.07 Å². The van der Waals surface area contributed by atoms with Crippen molar-refractivity contribution in [1.29, 1.82) is 0 Å². The molecule has 0 aromatic carbocycles. The second-order valence-corrected chi connectivity index (χ2v) is 4.54. The highest BCUT2D eigenvalue weighted by molar-refractivity contribution is 6.41. The minimum absolute atomic E-state index is 0.179. The Morgan fingerprint density at radius 1 is 1.26 bits per heavy atom. The number of aromatic nitrogens is 1. The Balaban J connectivity index is 2.81. The van der Waals surface area contributed by atoms with Crippen LogP contribution in [0.3, 0.4) is 0 Å². The predicted octanol–water partition coefficient (Wildman–Crippen LogP) is 2.12. The monoisotopic (exact) mass is 306 g/mol. The Hall–Kier alpha value is -0.880. The summed E-state index contributed by atoms with van der Waals surface area (Å²) in [6.45, 7) is 1.84. The van der Waals surface area contributed by atoms with Gasteiger partial charge in [0.1, 0.15) is 5.15 Å². The fourth-order valence-electron chi connectivity index (χ4n) is 1.44. The van der Waals surface area contributed by atoms with Gasteiger partial charge in [-0.15, -0.1) is 0 Å². The van der Waals surface area contributed by atoms with E-state index in [-0.39, 0.29) is 16.1 Å². The molecule has 0 atom stereocenters. The van der Waals surface area contributed by atoms with E-state index in [4.69, 9.17) is 32.7 Å². The molecule has 0 saturated carbocycles. The number of pyridine rings is 1. The summed E-state index contributed by atoms with van der Waals surface area (Å²) in [5.74, 6) is -0.180. The molecule has 1 aromatic rings. The van der Waals surface area contributed by atoms with Crippen LogP contribution in [0.4, 0.5) is 0 Å². The SMILES string of the molecule is COCCN(CCOC)C(=O)c1cnc(Cl)c(Cl)c1. The van der Waals surface area contributed by atoms with Gasteiger partial charge in [0.2, 0.25) is 0 Å². The van der Waals surface area contributed by atoms with E-state index in [1.807, 2.05) is 0 Å². The number of halogens is 2. The van der Waals surface area contributed by atoms with Crippen LogP contribution in [0.25, 0.3) is 0 Å². The van der Waals surface area contributed by atoms with E-state index in [1.54, 1.807) is 19.1 Å². The molecule has 0 aliphatic carbocycles. The number of amides is 1. The number of carbonyl (C=O) groups excluding carboxylic acids is 1. The third kappa shape index (κ3) is 4.95. The summed E-state index contributed by atoms with van der Waals surface area (Å²) in [5.41, 5.74) is 0.390. The number of hydrogen-bond acceptors (Lipinski definition) is 4. The molecule has 0 N–H and O–H groups in total. The highest BCUT2D eigenvalue weighted by Gasteiger charge is 2.16. The molecule has 0 saturated heterocycles. The van der Waals surface area contributed by atoms with Crippen LogP contribution in [0.5, 0.6) is 0 Å². The smallest absolute Gasteiger partial charge is 0.255 e. The van der Waals surface area contributed by atoms with E-state index >= 15 is 0 Å². The standard InChI is InChI=1S/C12H16Cl2N2O3/c1-18-5-3-16(4-6-19-2)12(17)9-7-10(13)11(14)15-8-9/h7-8H,3-6H2,1-2H3. The summed E-state index contributed by atoms with van der Waals surface area (Å²) in [5, 5.41) is 0.435. The summed E-state index contributed by atoms with van der Waals surface area (Å²) in [6, 6.07) is 1.51. The lowest BCUT2D eigenvalue weighted by molar-refractivity contribution is 0.0627. The number of hydrogen-bond donors (Lipinski definition) is 0. The Morgan fingerprint density at radius 2 is 1.84 bits per heavy atom. The van der Waals surface area contributed by atoms with Gasteiger partial charge in [0.15, 0.2) is 0 Å². The van der Waals surface area contributed by atoms with Gasteiger partial charge in [-0.2, -0.15) is 0 Å². The maximum Gasteiger partial charge on any atom is 0.255 e. The van der Waals surface area contributed by atoms with Crippen molar-refractivity contribution >= 4 is 29.1 Å². The first kappa shape index (κ1) is 16.2. The van der Waals surface area contributed by atoms with Crippen molar-refractivity contribution < 1.29 is 14.3 Å². The van der Waals surface area contributed by atoms with Gasteiger partial charge in [-0.3, -0.25) is 4.79 Å². The highest BCUT2D eigenvalue weighted by atomic mass is 35.5. The summed E-state index contributed by atoms with van der Waals surface area (Å²) in [6.07, 6.45) is 1.41. The fraction of sp³-hybridized carbons (Fsp3) is 0.500. The first-order valence-corrected chi connectivity index (χ1v) is 6.44. The molecule has 1 heterocycles. The van der Waals surface area contributed by atoms with Crippen molar-refractivity contribution in [3.8, 4) is 0 Å². The Bertz CT molecular complexity index is 421. The van der Waals surface area contributed by atoms with Gasteiger partial charge in [0, 0.05) is 33.5 Å². The van der Waals surface area contributed by atoms with Crippen molar-refractivity contribution in [2.24, 2.45) is 0 Å². The van der Waals surface area contributed by atoms with E-state index in [0.717, 1.165) is 0 Å². The van der Waals surface area contributed by atoms with Crippen molar-refractivity contribution in [1.82, 2.24) is 9.88 Å². The molecule has 5 nitrogen and oxygen atoms in total. The summed E-state index contributed by atoms with van der Waals surface area (Å²) < 4.78 is 9.97. The Morgan fingerprint density at radius 3 is 2.32 bits per heavy atom. The maximum atomic E-state index is 12.3. The topological polar surface area (TPSA) is 51.7 Å². The average Bonchev–Trinajstić information content (AvgIpc) is 2.41. The van der Waals surface area contributed by atoms with Gasteiger partial charge in [-0.1, -0.05) is 23.2 Å². The third-order valence-electron chi connectivity index (χ3n) is 2.46. The lowest BCUT2D eigenvalue weighted by Crippen LogP contribution is -2.36. The minimum atomic E-state index is -0.180. The van der Waals surface area contributed by atoms with Gasteiger partial charge in [0.25, 0.3) is 5.91 Å². The van der Waals surface area contributed by atoms with Gasteiger partial charge in [0.05, 0.1) is 23.8 Å². The molecule has 1 amide bonds. The quantitative estimate of drug-likeness (QED) is 0.724. The van der Waals surface area contributed by atoms with Gasteiger partial charge >= 0.3 is 0 Å². The molecule has 0 aliphatic heterocycles. The normalized spacial score (nSPS) is 10.5. The van der Waals surface area contributed by atoms with Crippen molar-refractivity contribution in [2.75, 3.05) is 40.5 Å². The van der Waals surface area contributed by atoms with Gasteiger partial charge < -0.3 is 14.4 Å². The summed E-state index contributed by atoms with van der Waals surface area (Å²) in [7, 11) is 3.17. The molecule has 0 radical (unpaired) electrons. The summed E-state index contributed by atoms with van der Waals surface area (Å²) in [4.78, 5) is 17.8. The van der Waals surface area contributed by atoms with E-state index in [9.17, 15) is 4.79 Å². The van der Waals surface area contributed by atoms with Gasteiger partial charge in [-0.25, -0.2) is 4.98 Å². The molecule has 0 fully saturated rings.